The van der Waals surface area contributed by atoms with Gasteiger partial charge in [0.15, 0.2) is 5.65 Å². The highest BCUT2D eigenvalue weighted by Gasteiger charge is 2.23. The van der Waals surface area contributed by atoms with Crippen molar-refractivity contribution in [3.63, 3.8) is 0 Å². The maximum atomic E-state index is 11.6. The molecule has 0 aliphatic heterocycles. The number of hydrogen-bond acceptors (Lipinski definition) is 3. The zero-order valence-electron chi connectivity index (χ0n) is 10.2. The van der Waals surface area contributed by atoms with Gasteiger partial charge >= 0.3 is 0 Å². The molecule has 4 rings (SSSR count). The summed E-state index contributed by atoms with van der Waals surface area (Å²) in [5.74, 6) is 0.740. The summed E-state index contributed by atoms with van der Waals surface area (Å²) in [7, 11) is 0. The van der Waals surface area contributed by atoms with Crippen LogP contribution in [0.1, 0.15) is 24.3 Å². The summed E-state index contributed by atoms with van der Waals surface area (Å²) < 4.78 is 1.70. The number of nitrogens with one attached hydrogen (secondary N) is 1. The fourth-order valence-electron chi connectivity index (χ4n) is 2.35. The lowest BCUT2D eigenvalue weighted by Crippen LogP contribution is -2.06. The Balaban J connectivity index is 1.85. The van der Waals surface area contributed by atoms with E-state index in [0.717, 1.165) is 11.6 Å². The highest BCUT2D eigenvalue weighted by molar-refractivity contribution is 5.74. The van der Waals surface area contributed by atoms with Gasteiger partial charge in [-0.3, -0.25) is 4.79 Å². The van der Waals surface area contributed by atoms with Crippen LogP contribution in [0, 0.1) is 0 Å². The first-order valence-corrected chi connectivity index (χ1v) is 6.35. The van der Waals surface area contributed by atoms with Crippen molar-refractivity contribution in [3.8, 4) is 5.69 Å². The van der Waals surface area contributed by atoms with Crippen LogP contribution in [-0.4, -0.2) is 19.7 Å². The van der Waals surface area contributed by atoms with E-state index in [1.54, 1.807) is 10.9 Å². The van der Waals surface area contributed by atoms with Gasteiger partial charge in [0, 0.05) is 0 Å². The molecule has 1 aromatic carbocycles. The van der Waals surface area contributed by atoms with Crippen LogP contribution in [0.25, 0.3) is 16.7 Å². The molecule has 3 aromatic rings. The van der Waals surface area contributed by atoms with E-state index >= 15 is 0 Å². The van der Waals surface area contributed by atoms with Crippen molar-refractivity contribution < 1.29 is 0 Å². The maximum Gasteiger partial charge on any atom is 0.261 e. The molecule has 2 heterocycles. The monoisotopic (exact) mass is 252 g/mol. The first kappa shape index (κ1) is 10.5. The van der Waals surface area contributed by atoms with Gasteiger partial charge in [0.25, 0.3) is 5.56 Å². The molecule has 1 fully saturated rings. The zero-order chi connectivity index (χ0) is 12.8. The van der Waals surface area contributed by atoms with Gasteiger partial charge < -0.3 is 4.98 Å². The second-order valence-electron chi connectivity index (χ2n) is 4.89. The van der Waals surface area contributed by atoms with Crippen LogP contribution < -0.4 is 5.56 Å². The van der Waals surface area contributed by atoms with Crippen LogP contribution in [0.15, 0.2) is 41.6 Å². The van der Waals surface area contributed by atoms with Crippen LogP contribution in [0.4, 0.5) is 0 Å². The molecule has 0 amide bonds. The molecular weight excluding hydrogens is 240 g/mol. The molecule has 5 nitrogen and oxygen atoms in total. The Morgan fingerprint density at radius 1 is 1.21 bits per heavy atom. The molecule has 5 heteroatoms. The Morgan fingerprint density at radius 3 is 2.74 bits per heavy atom. The largest absolute Gasteiger partial charge is 0.312 e. The van der Waals surface area contributed by atoms with Crippen LogP contribution in [0.2, 0.25) is 0 Å². The maximum absolute atomic E-state index is 11.6. The second kappa shape index (κ2) is 3.78. The van der Waals surface area contributed by atoms with Gasteiger partial charge in [-0.25, -0.2) is 9.67 Å². The standard InChI is InChI=1S/C14H12N4O/c19-14-12-7-17-18(13(12)15-8-16-14)11-5-3-10(4-6-11)9-1-2-9/h3-9H,1-2H2,(H,15,16,19). The van der Waals surface area contributed by atoms with E-state index in [1.807, 2.05) is 12.1 Å². The Bertz CT molecular complexity index is 796. The highest BCUT2D eigenvalue weighted by Crippen LogP contribution is 2.40. The van der Waals surface area contributed by atoms with Crippen LogP contribution in [0.3, 0.4) is 0 Å². The van der Waals surface area contributed by atoms with Crippen LogP contribution in [0.5, 0.6) is 0 Å². The summed E-state index contributed by atoms with van der Waals surface area (Å²) in [6.45, 7) is 0. The minimum Gasteiger partial charge on any atom is -0.312 e. The van der Waals surface area contributed by atoms with E-state index in [0.29, 0.717) is 11.0 Å². The molecule has 2 aromatic heterocycles. The Morgan fingerprint density at radius 2 is 2.00 bits per heavy atom. The summed E-state index contributed by atoms with van der Waals surface area (Å²) in [6, 6.07) is 8.33. The minimum absolute atomic E-state index is 0.161. The summed E-state index contributed by atoms with van der Waals surface area (Å²) in [6.07, 6.45) is 5.54. The van der Waals surface area contributed by atoms with Crippen LogP contribution >= 0.6 is 0 Å². The molecule has 0 unspecified atom stereocenters. The average Bonchev–Trinajstić information content (AvgIpc) is 3.19. The molecule has 94 valence electrons. The lowest BCUT2D eigenvalue weighted by molar-refractivity contribution is 0.893. The average molecular weight is 252 g/mol. The van der Waals surface area contributed by atoms with Gasteiger partial charge in [0.1, 0.15) is 5.39 Å². The number of fused-ring (bicyclic) bond motifs is 1. The SMILES string of the molecule is O=c1[nH]cnc2c1cnn2-c1ccc(C2CC2)cc1. The third-order valence-corrected chi connectivity index (χ3v) is 3.56. The lowest BCUT2D eigenvalue weighted by atomic mass is 10.1. The lowest BCUT2D eigenvalue weighted by Gasteiger charge is -2.04. The molecule has 0 radical (unpaired) electrons. The molecule has 0 spiro atoms. The highest BCUT2D eigenvalue weighted by atomic mass is 16.1. The molecule has 0 saturated heterocycles. The Labute approximate surface area is 108 Å². The van der Waals surface area contributed by atoms with Gasteiger partial charge in [0.2, 0.25) is 0 Å². The summed E-state index contributed by atoms with van der Waals surface area (Å²) in [4.78, 5) is 18.4. The summed E-state index contributed by atoms with van der Waals surface area (Å²) >= 11 is 0. The van der Waals surface area contributed by atoms with Gasteiger partial charge in [-0.2, -0.15) is 5.10 Å². The third kappa shape index (κ3) is 1.66. The number of rotatable bonds is 2. The smallest absolute Gasteiger partial charge is 0.261 e. The van der Waals surface area contributed by atoms with E-state index in [2.05, 4.69) is 27.2 Å². The van der Waals surface area contributed by atoms with Crippen molar-refractivity contribution in [2.45, 2.75) is 18.8 Å². The number of hydrogen-bond donors (Lipinski definition) is 1. The predicted molar refractivity (Wildman–Crippen MR) is 71.5 cm³/mol. The Kier molecular flexibility index (Phi) is 2.09. The first-order valence-electron chi connectivity index (χ1n) is 6.35. The molecule has 1 aliphatic carbocycles. The van der Waals surface area contributed by atoms with Gasteiger partial charge in [-0.15, -0.1) is 0 Å². The predicted octanol–water partition coefficient (Wildman–Crippen LogP) is 1.99. The number of benzene rings is 1. The number of H-pyrrole nitrogens is 1. The molecule has 1 saturated carbocycles. The van der Waals surface area contributed by atoms with E-state index < -0.39 is 0 Å². The van der Waals surface area contributed by atoms with Crippen molar-refractivity contribution in [2.24, 2.45) is 0 Å². The van der Waals surface area contributed by atoms with Gasteiger partial charge in [-0.05, 0) is 36.5 Å². The van der Waals surface area contributed by atoms with Crippen molar-refractivity contribution >= 4 is 11.0 Å². The van der Waals surface area contributed by atoms with E-state index in [9.17, 15) is 4.79 Å². The van der Waals surface area contributed by atoms with Crippen molar-refractivity contribution in [1.29, 1.82) is 0 Å². The molecule has 1 aliphatic rings. The fourth-order valence-corrected chi connectivity index (χ4v) is 2.35. The Hall–Kier alpha value is -2.43. The molecule has 0 bridgehead atoms. The van der Waals surface area contributed by atoms with Gasteiger partial charge in [-0.1, -0.05) is 12.1 Å². The number of nitrogens with zero attached hydrogens (tertiary/aromatic N) is 3. The number of aromatic amines is 1. The normalized spacial score (nSPS) is 14.9. The van der Waals surface area contributed by atoms with Gasteiger partial charge in [0.05, 0.1) is 18.2 Å². The molecule has 1 N–H and O–H groups in total. The zero-order valence-corrected chi connectivity index (χ0v) is 10.2. The number of aromatic nitrogens is 4. The third-order valence-electron chi connectivity index (χ3n) is 3.56. The van der Waals surface area contributed by atoms with E-state index in [-0.39, 0.29) is 5.56 Å². The first-order chi connectivity index (χ1) is 9.33. The summed E-state index contributed by atoms with van der Waals surface area (Å²) in [5, 5.41) is 4.76. The minimum atomic E-state index is -0.161. The van der Waals surface area contributed by atoms with E-state index in [1.165, 1.54) is 24.7 Å². The summed E-state index contributed by atoms with van der Waals surface area (Å²) in [5.41, 5.74) is 2.73. The van der Waals surface area contributed by atoms with Crippen LogP contribution in [-0.2, 0) is 0 Å². The molecule has 19 heavy (non-hydrogen) atoms. The quantitative estimate of drug-likeness (QED) is 0.758. The second-order valence-corrected chi connectivity index (χ2v) is 4.89. The fraction of sp³-hybridized carbons (Fsp3) is 0.214. The van der Waals surface area contributed by atoms with E-state index in [4.69, 9.17) is 0 Å². The van der Waals surface area contributed by atoms with Crippen molar-refractivity contribution in [2.75, 3.05) is 0 Å². The van der Waals surface area contributed by atoms with Crippen molar-refractivity contribution in [3.05, 3.63) is 52.7 Å². The molecular formula is C14H12N4O. The van der Waals surface area contributed by atoms with Crippen molar-refractivity contribution in [1.82, 2.24) is 19.7 Å². The molecule has 0 atom stereocenters. The topological polar surface area (TPSA) is 63.6 Å².